The molecule has 2 aromatic rings. The maximum absolute atomic E-state index is 13.1. The standard InChI is InChI=1S/C17H15F3N2O5/c18-17(19,20)13-9-21(8-12(13)16(23)24)7-10-5-6-15(27-10)11-3-1-2-4-14(11)22(25)26/h1-6,12-13H,7-9H2,(H,23,24)/t12-,13-/m1/s1. The Morgan fingerprint density at radius 2 is 1.96 bits per heavy atom. The van der Waals surface area contributed by atoms with E-state index in [9.17, 15) is 28.1 Å². The molecule has 1 N–H and O–H groups in total. The molecule has 1 aromatic carbocycles. The largest absolute Gasteiger partial charge is 0.481 e. The highest BCUT2D eigenvalue weighted by Gasteiger charge is 2.52. The van der Waals surface area contributed by atoms with E-state index < -0.39 is 35.4 Å². The van der Waals surface area contributed by atoms with Gasteiger partial charge in [0, 0.05) is 19.2 Å². The second-order valence-corrected chi connectivity index (χ2v) is 6.33. The minimum absolute atomic E-state index is 0.0169. The summed E-state index contributed by atoms with van der Waals surface area (Å²) in [5.74, 6) is -4.44. The van der Waals surface area contributed by atoms with E-state index in [1.807, 2.05) is 0 Å². The average molecular weight is 384 g/mol. The molecule has 1 fully saturated rings. The molecule has 144 valence electrons. The number of furan rings is 1. The molecule has 27 heavy (non-hydrogen) atoms. The monoisotopic (exact) mass is 384 g/mol. The number of rotatable bonds is 5. The van der Waals surface area contributed by atoms with Gasteiger partial charge >= 0.3 is 12.1 Å². The van der Waals surface area contributed by atoms with Gasteiger partial charge in [-0.05, 0) is 18.2 Å². The van der Waals surface area contributed by atoms with Gasteiger partial charge in [0.25, 0.3) is 5.69 Å². The molecule has 2 heterocycles. The highest BCUT2D eigenvalue weighted by molar-refractivity contribution is 5.71. The van der Waals surface area contributed by atoms with Crippen LogP contribution >= 0.6 is 0 Å². The van der Waals surface area contributed by atoms with Crippen molar-refractivity contribution in [1.29, 1.82) is 0 Å². The van der Waals surface area contributed by atoms with Crippen LogP contribution in [0.2, 0.25) is 0 Å². The van der Waals surface area contributed by atoms with Gasteiger partial charge in [0.15, 0.2) is 0 Å². The van der Waals surface area contributed by atoms with E-state index in [1.165, 1.54) is 35.2 Å². The van der Waals surface area contributed by atoms with Crippen molar-refractivity contribution in [3.05, 3.63) is 52.3 Å². The summed E-state index contributed by atoms with van der Waals surface area (Å²) in [5, 5.41) is 20.2. The van der Waals surface area contributed by atoms with Crippen LogP contribution < -0.4 is 0 Å². The molecule has 10 heteroatoms. The van der Waals surface area contributed by atoms with Crippen molar-refractivity contribution in [2.45, 2.75) is 12.7 Å². The molecule has 1 aliphatic heterocycles. The van der Waals surface area contributed by atoms with Gasteiger partial charge in [-0.1, -0.05) is 12.1 Å². The molecule has 7 nitrogen and oxygen atoms in total. The lowest BCUT2D eigenvalue weighted by Gasteiger charge is -2.18. The fraction of sp³-hybridized carbons (Fsp3) is 0.353. The summed E-state index contributed by atoms with van der Waals surface area (Å²) in [5.41, 5.74) is 0.106. The molecule has 0 radical (unpaired) electrons. The maximum Gasteiger partial charge on any atom is 0.393 e. The zero-order chi connectivity index (χ0) is 19.8. The highest BCUT2D eigenvalue weighted by Crippen LogP contribution is 2.38. The molecule has 0 saturated carbocycles. The molecule has 3 rings (SSSR count). The van der Waals surface area contributed by atoms with Gasteiger partial charge in [-0.2, -0.15) is 13.2 Å². The number of hydrogen-bond donors (Lipinski definition) is 1. The van der Waals surface area contributed by atoms with Crippen molar-refractivity contribution in [1.82, 2.24) is 4.90 Å². The zero-order valence-electron chi connectivity index (χ0n) is 13.8. The van der Waals surface area contributed by atoms with Crippen molar-refractivity contribution in [2.24, 2.45) is 11.8 Å². The predicted molar refractivity (Wildman–Crippen MR) is 86.7 cm³/mol. The topological polar surface area (TPSA) is 96.8 Å². The number of hydrogen-bond acceptors (Lipinski definition) is 5. The number of nitrogens with zero attached hydrogens (tertiary/aromatic N) is 2. The summed E-state index contributed by atoms with van der Waals surface area (Å²) in [6, 6.07) is 8.97. The van der Waals surface area contributed by atoms with Crippen LogP contribution in [0.1, 0.15) is 5.76 Å². The molecule has 2 atom stereocenters. The Bertz CT molecular complexity index is 864. The Morgan fingerprint density at radius 1 is 1.26 bits per heavy atom. The number of carboxylic acid groups (broad SMARTS) is 1. The molecule has 0 unspecified atom stereocenters. The Hall–Kier alpha value is -2.88. The summed E-state index contributed by atoms with van der Waals surface area (Å²) < 4.78 is 44.7. The fourth-order valence-corrected chi connectivity index (χ4v) is 3.27. The smallest absolute Gasteiger partial charge is 0.393 e. The van der Waals surface area contributed by atoms with E-state index in [2.05, 4.69) is 0 Å². The molecule has 1 saturated heterocycles. The summed E-state index contributed by atoms with van der Waals surface area (Å²) in [4.78, 5) is 23.0. The third-order valence-electron chi connectivity index (χ3n) is 4.54. The number of alkyl halides is 3. The van der Waals surface area contributed by atoms with E-state index in [1.54, 1.807) is 6.07 Å². The first-order chi connectivity index (χ1) is 12.7. The number of aliphatic carboxylic acids is 1. The van der Waals surface area contributed by atoms with E-state index >= 15 is 0 Å². The minimum Gasteiger partial charge on any atom is -0.481 e. The quantitative estimate of drug-likeness (QED) is 0.626. The third-order valence-corrected chi connectivity index (χ3v) is 4.54. The normalized spacial score (nSPS) is 20.7. The van der Waals surface area contributed by atoms with E-state index in [0.29, 0.717) is 5.76 Å². The van der Waals surface area contributed by atoms with E-state index in [0.717, 1.165) is 0 Å². The van der Waals surface area contributed by atoms with Crippen LogP contribution in [0.15, 0.2) is 40.8 Å². The van der Waals surface area contributed by atoms with Crippen molar-refractivity contribution in [3.63, 3.8) is 0 Å². The highest BCUT2D eigenvalue weighted by atomic mass is 19.4. The Kier molecular flexibility index (Phi) is 4.92. The number of para-hydroxylation sites is 1. The second kappa shape index (κ2) is 7.03. The summed E-state index contributed by atoms with van der Waals surface area (Å²) >= 11 is 0. The lowest BCUT2D eigenvalue weighted by Crippen LogP contribution is -2.33. The van der Waals surface area contributed by atoms with Crippen molar-refractivity contribution >= 4 is 11.7 Å². The SMILES string of the molecule is O=C(O)[C@@H]1CN(Cc2ccc(-c3ccccc3[N+](=O)[O-])o2)C[C@H]1C(F)(F)F. The molecule has 0 spiro atoms. The first-order valence-corrected chi connectivity index (χ1v) is 8.01. The predicted octanol–water partition coefficient (Wildman–Crippen LogP) is 3.55. The minimum atomic E-state index is -4.60. The molecule has 0 aliphatic carbocycles. The van der Waals surface area contributed by atoms with Crippen LogP contribution in [0.4, 0.5) is 18.9 Å². The molecular weight excluding hydrogens is 369 g/mol. The van der Waals surface area contributed by atoms with Gasteiger partial charge in [0.05, 0.1) is 28.9 Å². The van der Waals surface area contributed by atoms with Crippen LogP contribution in [0.25, 0.3) is 11.3 Å². The summed E-state index contributed by atoms with van der Waals surface area (Å²) in [6.45, 7) is -0.708. The molecular formula is C17H15F3N2O5. The second-order valence-electron chi connectivity index (χ2n) is 6.33. The lowest BCUT2D eigenvalue weighted by atomic mass is 9.96. The first kappa shape index (κ1) is 18.9. The number of benzene rings is 1. The fourth-order valence-electron chi connectivity index (χ4n) is 3.27. The average Bonchev–Trinajstić information content (AvgIpc) is 3.22. The van der Waals surface area contributed by atoms with Crippen LogP contribution in [0.5, 0.6) is 0 Å². The Balaban J connectivity index is 1.77. The van der Waals surface area contributed by atoms with Gasteiger partial charge in [-0.3, -0.25) is 19.8 Å². The lowest BCUT2D eigenvalue weighted by molar-refractivity contribution is -0.384. The number of carbonyl (C=O) groups is 1. The van der Waals surface area contributed by atoms with E-state index in [4.69, 9.17) is 9.52 Å². The molecule has 0 bridgehead atoms. The zero-order valence-corrected chi connectivity index (χ0v) is 13.8. The van der Waals surface area contributed by atoms with Gasteiger partial charge in [-0.25, -0.2) is 0 Å². The first-order valence-electron chi connectivity index (χ1n) is 8.01. The summed E-state index contributed by atoms with van der Waals surface area (Å²) in [7, 11) is 0. The summed E-state index contributed by atoms with van der Waals surface area (Å²) in [6.07, 6.45) is -4.60. The number of nitro groups is 1. The number of nitro benzene ring substituents is 1. The van der Waals surface area contributed by atoms with Gasteiger partial charge in [0.1, 0.15) is 11.5 Å². The van der Waals surface area contributed by atoms with Crippen molar-refractivity contribution < 1.29 is 32.4 Å². The molecule has 1 aliphatic rings. The Labute approximate surface area is 151 Å². The molecule has 1 aromatic heterocycles. The third kappa shape index (κ3) is 3.95. The van der Waals surface area contributed by atoms with Crippen molar-refractivity contribution in [3.8, 4) is 11.3 Å². The molecule has 0 amide bonds. The number of halogens is 3. The van der Waals surface area contributed by atoms with Gasteiger partial charge in [-0.15, -0.1) is 0 Å². The number of likely N-dealkylation sites (tertiary alicyclic amines) is 1. The van der Waals surface area contributed by atoms with Crippen molar-refractivity contribution in [2.75, 3.05) is 13.1 Å². The van der Waals surface area contributed by atoms with Gasteiger partial charge < -0.3 is 9.52 Å². The van der Waals surface area contributed by atoms with Crippen LogP contribution in [0, 0.1) is 22.0 Å². The van der Waals surface area contributed by atoms with Crippen LogP contribution in [-0.4, -0.2) is 40.2 Å². The number of carboxylic acids is 1. The van der Waals surface area contributed by atoms with E-state index in [-0.39, 0.29) is 30.1 Å². The van der Waals surface area contributed by atoms with Crippen LogP contribution in [0.3, 0.4) is 0 Å². The Morgan fingerprint density at radius 3 is 2.56 bits per heavy atom. The maximum atomic E-state index is 13.1. The van der Waals surface area contributed by atoms with Crippen LogP contribution in [-0.2, 0) is 11.3 Å². The van der Waals surface area contributed by atoms with Gasteiger partial charge in [0.2, 0.25) is 0 Å².